The van der Waals surface area contributed by atoms with Crippen molar-refractivity contribution in [1.29, 1.82) is 0 Å². The molecule has 7 heteroatoms. The fourth-order valence-electron chi connectivity index (χ4n) is 4.52. The first-order valence-electron chi connectivity index (χ1n) is 10.2. The van der Waals surface area contributed by atoms with Crippen molar-refractivity contribution in [2.75, 3.05) is 6.61 Å². The maximum absolute atomic E-state index is 11.1. The molecule has 0 bridgehead atoms. The summed E-state index contributed by atoms with van der Waals surface area (Å²) in [6.07, 6.45) is -0.961. The summed E-state index contributed by atoms with van der Waals surface area (Å²) in [6.45, 7) is 21.8. The lowest BCUT2D eigenvalue weighted by Crippen LogP contribution is -2.67. The SMILES string of the molecule is CC(C)[Si]1(C(C)C)OC[C@H]2O[C@@H](C)C(C)(O)[C@H]2O[Si](C(C)C)(C(C)C)O1. The Morgan fingerprint density at radius 3 is 1.77 bits per heavy atom. The van der Waals surface area contributed by atoms with E-state index in [-0.39, 0.29) is 23.3 Å². The molecule has 0 saturated carbocycles. The normalized spacial score (nSPS) is 37.3. The van der Waals surface area contributed by atoms with Crippen LogP contribution in [0.15, 0.2) is 0 Å². The third-order valence-corrected chi connectivity index (χ3v) is 16.7. The number of hydrogen-bond donors (Lipinski definition) is 1. The van der Waals surface area contributed by atoms with Gasteiger partial charge in [-0.05, 0) is 36.0 Å². The molecule has 26 heavy (non-hydrogen) atoms. The van der Waals surface area contributed by atoms with Crippen LogP contribution in [-0.2, 0) is 17.7 Å². The predicted molar refractivity (Wildman–Crippen MR) is 109 cm³/mol. The molecule has 2 aliphatic heterocycles. The van der Waals surface area contributed by atoms with Crippen LogP contribution in [0.5, 0.6) is 0 Å². The summed E-state index contributed by atoms with van der Waals surface area (Å²) < 4.78 is 26.7. The Morgan fingerprint density at radius 1 is 0.885 bits per heavy atom. The minimum Gasteiger partial charge on any atom is -0.414 e. The van der Waals surface area contributed by atoms with Gasteiger partial charge in [-0.3, -0.25) is 0 Å². The Labute approximate surface area is 162 Å². The van der Waals surface area contributed by atoms with Crippen LogP contribution in [0, 0.1) is 0 Å². The lowest BCUT2D eigenvalue weighted by molar-refractivity contribution is -0.0635. The lowest BCUT2D eigenvalue weighted by Gasteiger charge is -2.52. The smallest absolute Gasteiger partial charge is 0.335 e. The summed E-state index contributed by atoms with van der Waals surface area (Å²) in [6, 6.07) is 0. The molecule has 2 heterocycles. The monoisotopic (exact) mass is 404 g/mol. The van der Waals surface area contributed by atoms with Crippen molar-refractivity contribution in [2.45, 2.75) is 115 Å². The second-order valence-corrected chi connectivity index (χ2v) is 18.4. The molecule has 0 aliphatic carbocycles. The van der Waals surface area contributed by atoms with Crippen LogP contribution in [0.3, 0.4) is 0 Å². The van der Waals surface area contributed by atoms with Gasteiger partial charge >= 0.3 is 17.1 Å². The summed E-state index contributed by atoms with van der Waals surface area (Å²) in [5, 5.41) is 11.1. The van der Waals surface area contributed by atoms with E-state index in [0.29, 0.717) is 17.7 Å². The van der Waals surface area contributed by atoms with Gasteiger partial charge in [0.1, 0.15) is 17.8 Å². The van der Waals surface area contributed by atoms with Gasteiger partial charge in [-0.25, -0.2) is 0 Å². The molecule has 2 fully saturated rings. The average molecular weight is 405 g/mol. The number of rotatable bonds is 4. The first-order valence-corrected chi connectivity index (χ1v) is 14.1. The second kappa shape index (κ2) is 7.57. The zero-order chi connectivity index (χ0) is 20.1. The molecule has 1 N–H and O–H groups in total. The van der Waals surface area contributed by atoms with Gasteiger partial charge in [0, 0.05) is 0 Å². The van der Waals surface area contributed by atoms with E-state index in [9.17, 15) is 5.11 Å². The van der Waals surface area contributed by atoms with E-state index in [0.717, 1.165) is 0 Å². The fraction of sp³-hybridized carbons (Fsp3) is 1.00. The first-order chi connectivity index (χ1) is 11.8. The Kier molecular flexibility index (Phi) is 6.56. The van der Waals surface area contributed by atoms with E-state index < -0.39 is 28.8 Å². The highest BCUT2D eigenvalue weighted by Gasteiger charge is 2.63. The van der Waals surface area contributed by atoms with Gasteiger partial charge in [-0.2, -0.15) is 0 Å². The number of fused-ring (bicyclic) bond motifs is 1. The molecule has 0 aromatic rings. The molecule has 0 amide bonds. The van der Waals surface area contributed by atoms with Gasteiger partial charge < -0.3 is 22.8 Å². The van der Waals surface area contributed by atoms with Crippen molar-refractivity contribution < 1.29 is 22.8 Å². The molecule has 2 saturated heterocycles. The molecular weight excluding hydrogens is 364 g/mol. The van der Waals surface area contributed by atoms with E-state index in [4.69, 9.17) is 17.7 Å². The summed E-state index contributed by atoms with van der Waals surface area (Å²) in [5.74, 6) is 0. The van der Waals surface area contributed by atoms with Gasteiger partial charge in [0.05, 0.1) is 12.7 Å². The Bertz CT molecular complexity index is 476. The molecule has 2 rings (SSSR count). The summed E-state index contributed by atoms with van der Waals surface area (Å²) in [4.78, 5) is 0. The zero-order valence-corrected chi connectivity index (χ0v) is 20.3. The molecule has 0 spiro atoms. The highest BCUT2D eigenvalue weighted by Crippen LogP contribution is 2.48. The van der Waals surface area contributed by atoms with Crippen LogP contribution >= 0.6 is 0 Å². The molecule has 0 radical (unpaired) electrons. The van der Waals surface area contributed by atoms with Crippen LogP contribution in [-0.4, -0.2) is 52.7 Å². The molecule has 0 aromatic carbocycles. The van der Waals surface area contributed by atoms with Crippen LogP contribution in [0.25, 0.3) is 0 Å². The van der Waals surface area contributed by atoms with Gasteiger partial charge in [0.2, 0.25) is 0 Å². The largest absolute Gasteiger partial charge is 0.414 e. The number of aliphatic hydroxyl groups is 1. The maximum Gasteiger partial charge on any atom is 0.335 e. The molecule has 0 aromatic heterocycles. The minimum atomic E-state index is -2.69. The van der Waals surface area contributed by atoms with Crippen molar-refractivity contribution in [2.24, 2.45) is 0 Å². The molecule has 2 aliphatic rings. The van der Waals surface area contributed by atoms with E-state index in [1.165, 1.54) is 0 Å². The summed E-state index contributed by atoms with van der Waals surface area (Å²) in [5.41, 5.74) is 0.0796. The molecule has 1 unspecified atom stereocenters. The first kappa shape index (κ1) is 22.5. The number of ether oxygens (including phenoxy) is 1. The van der Waals surface area contributed by atoms with Crippen molar-refractivity contribution >= 4 is 17.1 Å². The van der Waals surface area contributed by atoms with Crippen molar-refractivity contribution in [3.8, 4) is 0 Å². The molecule has 154 valence electrons. The Balaban J connectivity index is 2.58. The maximum atomic E-state index is 11.1. The molecular formula is C19H40O5Si2. The second-order valence-electron chi connectivity index (χ2n) is 9.56. The van der Waals surface area contributed by atoms with Crippen LogP contribution in [0.1, 0.15) is 69.2 Å². The van der Waals surface area contributed by atoms with Gasteiger partial charge in [-0.1, -0.05) is 55.4 Å². The summed E-state index contributed by atoms with van der Waals surface area (Å²) in [7, 11) is -5.22. The van der Waals surface area contributed by atoms with Gasteiger partial charge in [-0.15, -0.1) is 0 Å². The quantitative estimate of drug-likeness (QED) is 0.700. The van der Waals surface area contributed by atoms with Gasteiger partial charge in [0.15, 0.2) is 0 Å². The van der Waals surface area contributed by atoms with Crippen LogP contribution in [0.2, 0.25) is 22.2 Å². The Hall–Kier alpha value is 0.234. The van der Waals surface area contributed by atoms with E-state index >= 15 is 0 Å². The highest BCUT2D eigenvalue weighted by molar-refractivity contribution is 6.83. The van der Waals surface area contributed by atoms with E-state index in [1.54, 1.807) is 0 Å². The highest BCUT2D eigenvalue weighted by atomic mass is 28.5. The standard InChI is InChI=1S/C19H40O5Si2/c1-12(2)25(13(3)4)21-11-17-18(19(10,20)16(9)22-17)23-26(24-25,14(5)6)15(7)8/h12-18,20H,11H2,1-10H3/t16-,17+,18-,19?/m0/s1. The average Bonchev–Trinajstić information content (AvgIpc) is 2.68. The van der Waals surface area contributed by atoms with E-state index in [2.05, 4.69) is 55.4 Å². The van der Waals surface area contributed by atoms with Crippen LogP contribution in [0.4, 0.5) is 0 Å². The minimum absolute atomic E-state index is 0.251. The van der Waals surface area contributed by atoms with E-state index in [1.807, 2.05) is 13.8 Å². The molecule has 5 nitrogen and oxygen atoms in total. The topological polar surface area (TPSA) is 57.2 Å². The Morgan fingerprint density at radius 2 is 1.35 bits per heavy atom. The number of hydrogen-bond acceptors (Lipinski definition) is 5. The third-order valence-electron chi connectivity index (χ3n) is 6.44. The van der Waals surface area contributed by atoms with Crippen molar-refractivity contribution in [3.05, 3.63) is 0 Å². The lowest BCUT2D eigenvalue weighted by atomic mass is 9.94. The predicted octanol–water partition coefficient (Wildman–Crippen LogP) is 4.48. The molecule has 4 atom stereocenters. The summed E-state index contributed by atoms with van der Waals surface area (Å²) >= 11 is 0. The third kappa shape index (κ3) is 3.49. The van der Waals surface area contributed by atoms with Crippen molar-refractivity contribution in [1.82, 2.24) is 0 Å². The fourth-order valence-corrected chi connectivity index (χ4v) is 15.8. The van der Waals surface area contributed by atoms with Crippen LogP contribution < -0.4 is 0 Å². The van der Waals surface area contributed by atoms with Gasteiger partial charge in [0.25, 0.3) is 0 Å². The zero-order valence-electron chi connectivity index (χ0n) is 18.3. The van der Waals surface area contributed by atoms with Crippen molar-refractivity contribution in [3.63, 3.8) is 0 Å².